The van der Waals surface area contributed by atoms with E-state index in [1.165, 1.54) is 12.3 Å². The van der Waals surface area contributed by atoms with Crippen molar-refractivity contribution in [2.45, 2.75) is 43.7 Å². The molecule has 3 unspecified atom stereocenters. The van der Waals surface area contributed by atoms with Crippen molar-refractivity contribution >= 4 is 11.7 Å². The number of rotatable bonds is 3. The van der Waals surface area contributed by atoms with Gasteiger partial charge in [-0.2, -0.15) is 13.2 Å². The van der Waals surface area contributed by atoms with Gasteiger partial charge in [-0.05, 0) is 55.2 Å². The van der Waals surface area contributed by atoms with E-state index >= 15 is 0 Å². The molecule has 2 bridgehead atoms. The molecule has 0 aromatic carbocycles. The van der Waals surface area contributed by atoms with E-state index in [0.717, 1.165) is 36.5 Å². The summed E-state index contributed by atoms with van der Waals surface area (Å²) in [7, 11) is 0. The SMILES string of the molecule is O=NC(=O)c1cnc(NC2=CC(C(F)(F)F)CC=C2)c2c1C1CCC2C1. The molecule has 1 heterocycles. The summed E-state index contributed by atoms with van der Waals surface area (Å²) in [6.45, 7) is 0. The molecule has 1 N–H and O–H groups in total. The number of nitroso groups, excluding NO2 is 1. The number of aromatic nitrogens is 1. The maximum absolute atomic E-state index is 13.0. The Labute approximate surface area is 147 Å². The van der Waals surface area contributed by atoms with Crippen LogP contribution < -0.4 is 5.32 Å². The molecule has 3 aliphatic rings. The van der Waals surface area contributed by atoms with Crippen LogP contribution in [0.4, 0.5) is 19.0 Å². The van der Waals surface area contributed by atoms with Crippen LogP contribution in [0.25, 0.3) is 0 Å². The smallest absolute Gasteiger partial charge is 0.340 e. The number of carbonyl (C=O) groups excluding carboxylic acids is 1. The molecule has 4 rings (SSSR count). The minimum atomic E-state index is -4.29. The number of halogens is 3. The first-order valence-electron chi connectivity index (χ1n) is 8.51. The Balaban J connectivity index is 1.71. The highest BCUT2D eigenvalue weighted by molar-refractivity contribution is 5.97. The molecule has 8 heteroatoms. The van der Waals surface area contributed by atoms with Gasteiger partial charge in [-0.25, -0.2) is 4.98 Å². The largest absolute Gasteiger partial charge is 0.395 e. The Hall–Kier alpha value is -2.51. The van der Waals surface area contributed by atoms with Gasteiger partial charge in [-0.1, -0.05) is 6.08 Å². The maximum atomic E-state index is 13.0. The van der Waals surface area contributed by atoms with Crippen LogP contribution in [0.1, 0.15) is 59.0 Å². The normalized spacial score (nSPS) is 26.4. The fourth-order valence-electron chi connectivity index (χ4n) is 4.35. The number of nitrogens with one attached hydrogen (secondary N) is 1. The zero-order valence-electron chi connectivity index (χ0n) is 13.7. The monoisotopic (exact) mass is 363 g/mol. The van der Waals surface area contributed by atoms with Gasteiger partial charge in [0.05, 0.1) is 11.5 Å². The molecule has 136 valence electrons. The molecule has 3 atom stereocenters. The third kappa shape index (κ3) is 2.73. The number of anilines is 1. The van der Waals surface area contributed by atoms with E-state index in [0.29, 0.717) is 11.5 Å². The fourth-order valence-corrected chi connectivity index (χ4v) is 4.35. The fraction of sp³-hybridized carbons (Fsp3) is 0.444. The highest BCUT2D eigenvalue weighted by atomic mass is 19.4. The van der Waals surface area contributed by atoms with Gasteiger partial charge in [0.2, 0.25) is 0 Å². The lowest BCUT2D eigenvalue weighted by Gasteiger charge is -2.23. The number of carbonyl (C=O) groups is 1. The highest BCUT2D eigenvalue weighted by Gasteiger charge is 2.42. The second-order valence-electron chi connectivity index (χ2n) is 6.98. The maximum Gasteiger partial charge on any atom is 0.395 e. The summed E-state index contributed by atoms with van der Waals surface area (Å²) >= 11 is 0. The molecule has 0 radical (unpaired) electrons. The first-order chi connectivity index (χ1) is 12.4. The van der Waals surface area contributed by atoms with Gasteiger partial charge in [0, 0.05) is 22.6 Å². The first-order valence-corrected chi connectivity index (χ1v) is 8.51. The van der Waals surface area contributed by atoms with E-state index in [1.807, 2.05) is 0 Å². The number of hydrogen-bond acceptors (Lipinski definition) is 4. The average molecular weight is 363 g/mol. The van der Waals surface area contributed by atoms with Crippen molar-refractivity contribution in [1.29, 1.82) is 0 Å². The van der Waals surface area contributed by atoms with Crippen LogP contribution in [0.15, 0.2) is 35.3 Å². The lowest BCUT2D eigenvalue weighted by molar-refractivity contribution is -0.160. The van der Waals surface area contributed by atoms with Crippen LogP contribution in [0.2, 0.25) is 0 Å². The van der Waals surface area contributed by atoms with Crippen molar-refractivity contribution < 1.29 is 18.0 Å². The number of nitrogens with zero attached hydrogens (tertiary/aromatic N) is 2. The van der Waals surface area contributed by atoms with Crippen molar-refractivity contribution in [2.75, 3.05) is 5.32 Å². The molecule has 1 aromatic heterocycles. The highest BCUT2D eigenvalue weighted by Crippen LogP contribution is 2.56. The van der Waals surface area contributed by atoms with Gasteiger partial charge in [0.1, 0.15) is 5.82 Å². The van der Waals surface area contributed by atoms with Gasteiger partial charge in [0.15, 0.2) is 0 Å². The van der Waals surface area contributed by atoms with Gasteiger partial charge in [-0.3, -0.25) is 4.79 Å². The molecule has 5 nitrogen and oxygen atoms in total. The van der Waals surface area contributed by atoms with Crippen LogP contribution in [-0.2, 0) is 0 Å². The topological polar surface area (TPSA) is 71.4 Å². The van der Waals surface area contributed by atoms with Crippen LogP contribution in [0.3, 0.4) is 0 Å². The Morgan fingerprint density at radius 3 is 2.65 bits per heavy atom. The second-order valence-corrected chi connectivity index (χ2v) is 6.98. The zero-order chi connectivity index (χ0) is 18.5. The lowest BCUT2D eigenvalue weighted by atomic mass is 9.89. The predicted molar refractivity (Wildman–Crippen MR) is 88.7 cm³/mol. The lowest BCUT2D eigenvalue weighted by Crippen LogP contribution is -2.23. The molecule has 1 saturated carbocycles. The average Bonchev–Trinajstić information content (AvgIpc) is 3.23. The summed E-state index contributed by atoms with van der Waals surface area (Å²) in [5, 5.41) is 5.50. The van der Waals surface area contributed by atoms with E-state index in [-0.39, 0.29) is 23.8 Å². The van der Waals surface area contributed by atoms with Crippen molar-refractivity contribution in [2.24, 2.45) is 11.1 Å². The summed E-state index contributed by atoms with van der Waals surface area (Å²) in [5.74, 6) is -1.52. The Morgan fingerprint density at radius 1 is 1.23 bits per heavy atom. The Kier molecular flexibility index (Phi) is 3.93. The van der Waals surface area contributed by atoms with E-state index < -0.39 is 18.0 Å². The summed E-state index contributed by atoms with van der Waals surface area (Å²) in [4.78, 5) is 26.7. The predicted octanol–water partition coefficient (Wildman–Crippen LogP) is 4.79. The standard InChI is InChI=1S/C18H16F3N3O2/c19-18(20,21)11-2-1-3-12(7-11)23-16-15-10-5-4-9(6-10)14(15)13(8-22-16)17(25)24-26/h1,3,7-11H,2,4-6H2,(H,22,23). The third-order valence-electron chi connectivity index (χ3n) is 5.47. The molecule has 0 aliphatic heterocycles. The van der Waals surface area contributed by atoms with E-state index in [1.54, 1.807) is 6.08 Å². The molecule has 0 saturated heterocycles. The Morgan fingerprint density at radius 2 is 1.96 bits per heavy atom. The summed E-state index contributed by atoms with van der Waals surface area (Å²) in [5.41, 5.74) is 2.19. The number of allylic oxidation sites excluding steroid dienone is 3. The number of alkyl halides is 3. The molecular weight excluding hydrogens is 347 g/mol. The number of amides is 1. The minimum absolute atomic E-state index is 0.0800. The molecule has 26 heavy (non-hydrogen) atoms. The van der Waals surface area contributed by atoms with Crippen LogP contribution in [-0.4, -0.2) is 17.1 Å². The van der Waals surface area contributed by atoms with Crippen molar-refractivity contribution in [1.82, 2.24) is 4.98 Å². The van der Waals surface area contributed by atoms with Gasteiger partial charge in [-0.15, -0.1) is 4.91 Å². The van der Waals surface area contributed by atoms with E-state index in [2.05, 4.69) is 15.5 Å². The second kappa shape index (κ2) is 6.03. The minimum Gasteiger partial charge on any atom is -0.340 e. The van der Waals surface area contributed by atoms with E-state index in [9.17, 15) is 22.9 Å². The van der Waals surface area contributed by atoms with Gasteiger partial charge >= 0.3 is 12.1 Å². The zero-order valence-corrected chi connectivity index (χ0v) is 13.7. The van der Waals surface area contributed by atoms with Crippen LogP contribution >= 0.6 is 0 Å². The summed E-state index contributed by atoms with van der Waals surface area (Å²) in [6, 6.07) is 0. The van der Waals surface area contributed by atoms with Crippen LogP contribution in [0.5, 0.6) is 0 Å². The van der Waals surface area contributed by atoms with Crippen molar-refractivity contribution in [3.05, 3.63) is 51.7 Å². The third-order valence-corrected chi connectivity index (χ3v) is 5.47. The quantitative estimate of drug-likeness (QED) is 0.784. The van der Waals surface area contributed by atoms with Gasteiger partial charge in [0.25, 0.3) is 0 Å². The van der Waals surface area contributed by atoms with Gasteiger partial charge < -0.3 is 5.32 Å². The number of fused-ring (bicyclic) bond motifs is 5. The molecule has 1 amide bonds. The molecule has 1 aromatic rings. The number of hydrogen-bond donors (Lipinski definition) is 1. The molecular formula is C18H16F3N3O2. The van der Waals surface area contributed by atoms with Crippen molar-refractivity contribution in [3.8, 4) is 0 Å². The summed E-state index contributed by atoms with van der Waals surface area (Å²) < 4.78 is 38.9. The van der Waals surface area contributed by atoms with Crippen LogP contribution in [0, 0.1) is 10.8 Å². The first kappa shape index (κ1) is 16.9. The van der Waals surface area contributed by atoms with Crippen molar-refractivity contribution in [3.63, 3.8) is 0 Å². The Bertz CT molecular complexity index is 845. The molecule has 0 spiro atoms. The number of pyridine rings is 1. The molecule has 3 aliphatic carbocycles. The summed E-state index contributed by atoms with van der Waals surface area (Å²) in [6.07, 6.45) is 3.93. The molecule has 1 fully saturated rings. The van der Waals surface area contributed by atoms with E-state index in [4.69, 9.17) is 0 Å².